The minimum Gasteiger partial charge on any atom is -0.295 e. The molecule has 2 fully saturated rings. The van der Waals surface area contributed by atoms with Crippen molar-refractivity contribution in [2.24, 2.45) is 17.8 Å². The second-order valence-corrected chi connectivity index (χ2v) is 8.77. The molecule has 4 atom stereocenters. The molecule has 130 valence electrons. The summed E-state index contributed by atoms with van der Waals surface area (Å²) >= 11 is 0. The molecule has 1 aromatic carbocycles. The Balaban J connectivity index is 1.64. The van der Waals surface area contributed by atoms with Gasteiger partial charge in [0.2, 0.25) is 0 Å². The Bertz CT molecular complexity index is 764. The standard InChI is InChI=1S/C24H28O/c1-15-5-7-16(8-6-15)23-14-17-3-2-4-20(17)22-11-9-18-13-19(25)10-12-21(18)24(22)23/h5-8,13,17,20,22-23H,2-4,9-12,14H2,1H3. The van der Waals surface area contributed by atoms with Crippen LogP contribution < -0.4 is 0 Å². The van der Waals surface area contributed by atoms with Gasteiger partial charge in [0, 0.05) is 12.3 Å². The van der Waals surface area contributed by atoms with Crippen LogP contribution in [0.4, 0.5) is 0 Å². The second-order valence-electron chi connectivity index (χ2n) is 8.77. The first-order valence-corrected chi connectivity index (χ1v) is 10.2. The van der Waals surface area contributed by atoms with Gasteiger partial charge in [-0.25, -0.2) is 0 Å². The number of carbonyl (C=O) groups is 1. The summed E-state index contributed by atoms with van der Waals surface area (Å²) in [4.78, 5) is 12.0. The molecule has 4 unspecified atom stereocenters. The van der Waals surface area contributed by atoms with E-state index < -0.39 is 0 Å². The molecule has 0 radical (unpaired) electrons. The number of hydrogen-bond donors (Lipinski definition) is 0. The van der Waals surface area contributed by atoms with E-state index in [4.69, 9.17) is 0 Å². The molecular weight excluding hydrogens is 304 g/mol. The number of benzene rings is 1. The Morgan fingerprint density at radius 1 is 0.960 bits per heavy atom. The van der Waals surface area contributed by atoms with Crippen LogP contribution in [0.3, 0.4) is 0 Å². The molecule has 0 aliphatic heterocycles. The highest BCUT2D eigenvalue weighted by Crippen LogP contribution is 2.58. The number of aryl methyl sites for hydroxylation is 1. The number of rotatable bonds is 1. The van der Waals surface area contributed by atoms with E-state index in [2.05, 4.69) is 31.2 Å². The third kappa shape index (κ3) is 2.55. The Morgan fingerprint density at radius 2 is 1.80 bits per heavy atom. The van der Waals surface area contributed by atoms with Gasteiger partial charge in [-0.1, -0.05) is 48.2 Å². The maximum Gasteiger partial charge on any atom is 0.156 e. The van der Waals surface area contributed by atoms with Crippen molar-refractivity contribution < 1.29 is 4.79 Å². The Morgan fingerprint density at radius 3 is 2.64 bits per heavy atom. The summed E-state index contributed by atoms with van der Waals surface area (Å²) in [6.07, 6.45) is 11.8. The Kier molecular flexibility index (Phi) is 3.73. The summed E-state index contributed by atoms with van der Waals surface area (Å²) in [5.41, 5.74) is 7.58. The fourth-order valence-corrected chi connectivity index (χ4v) is 6.35. The van der Waals surface area contributed by atoms with Crippen molar-refractivity contribution in [3.8, 4) is 0 Å². The first-order chi connectivity index (χ1) is 12.2. The van der Waals surface area contributed by atoms with Crippen molar-refractivity contribution in [3.05, 3.63) is 58.2 Å². The lowest BCUT2D eigenvalue weighted by Crippen LogP contribution is -2.35. The van der Waals surface area contributed by atoms with Crippen LogP contribution in [0.5, 0.6) is 0 Å². The number of carbonyl (C=O) groups excluding carboxylic acids is 1. The minimum absolute atomic E-state index is 0.347. The van der Waals surface area contributed by atoms with Crippen molar-refractivity contribution in [2.45, 2.75) is 64.2 Å². The molecule has 0 spiro atoms. The lowest BCUT2D eigenvalue weighted by Gasteiger charge is -2.46. The average molecular weight is 332 g/mol. The first-order valence-electron chi connectivity index (χ1n) is 10.2. The highest BCUT2D eigenvalue weighted by atomic mass is 16.1. The van der Waals surface area contributed by atoms with E-state index in [-0.39, 0.29) is 0 Å². The van der Waals surface area contributed by atoms with E-state index >= 15 is 0 Å². The topological polar surface area (TPSA) is 17.1 Å². The average Bonchev–Trinajstić information content (AvgIpc) is 3.09. The molecule has 0 saturated heterocycles. The molecule has 5 rings (SSSR count). The molecule has 0 amide bonds. The van der Waals surface area contributed by atoms with Crippen molar-refractivity contribution in [2.75, 3.05) is 0 Å². The summed E-state index contributed by atoms with van der Waals surface area (Å²) in [6.45, 7) is 2.18. The monoisotopic (exact) mass is 332 g/mol. The van der Waals surface area contributed by atoms with Crippen LogP contribution in [0.15, 0.2) is 47.1 Å². The van der Waals surface area contributed by atoms with Crippen molar-refractivity contribution >= 4 is 5.78 Å². The van der Waals surface area contributed by atoms with Crippen LogP contribution in [-0.4, -0.2) is 5.78 Å². The predicted octanol–water partition coefficient (Wildman–Crippen LogP) is 5.89. The van der Waals surface area contributed by atoms with Crippen LogP contribution in [0.1, 0.15) is 68.4 Å². The van der Waals surface area contributed by atoms with E-state index in [1.807, 2.05) is 6.08 Å². The zero-order valence-electron chi connectivity index (χ0n) is 15.3. The fourth-order valence-electron chi connectivity index (χ4n) is 6.35. The van der Waals surface area contributed by atoms with Crippen LogP contribution in [0, 0.1) is 24.7 Å². The Hall–Kier alpha value is -1.63. The third-order valence-electron chi connectivity index (χ3n) is 7.45. The van der Waals surface area contributed by atoms with Crippen LogP contribution in [-0.2, 0) is 4.79 Å². The molecule has 25 heavy (non-hydrogen) atoms. The van der Waals surface area contributed by atoms with Gasteiger partial charge in [-0.05, 0) is 79.6 Å². The van der Waals surface area contributed by atoms with Crippen molar-refractivity contribution in [1.29, 1.82) is 0 Å². The predicted molar refractivity (Wildman–Crippen MR) is 101 cm³/mol. The molecule has 2 saturated carbocycles. The molecule has 4 aliphatic carbocycles. The molecule has 0 N–H and O–H groups in total. The highest BCUT2D eigenvalue weighted by Gasteiger charge is 2.46. The van der Waals surface area contributed by atoms with Crippen LogP contribution >= 0.6 is 0 Å². The molecule has 1 heteroatoms. The van der Waals surface area contributed by atoms with Gasteiger partial charge in [0.15, 0.2) is 5.78 Å². The normalized spacial score (nSPS) is 34.3. The van der Waals surface area contributed by atoms with Crippen molar-refractivity contribution in [1.82, 2.24) is 0 Å². The first kappa shape index (κ1) is 15.6. The molecule has 0 aromatic heterocycles. The van der Waals surface area contributed by atoms with E-state index in [9.17, 15) is 4.79 Å². The van der Waals surface area contributed by atoms with Gasteiger partial charge in [-0.2, -0.15) is 0 Å². The third-order valence-corrected chi connectivity index (χ3v) is 7.45. The van der Waals surface area contributed by atoms with Gasteiger partial charge in [0.05, 0.1) is 0 Å². The summed E-state index contributed by atoms with van der Waals surface area (Å²) in [5.74, 6) is 3.57. The largest absolute Gasteiger partial charge is 0.295 e. The molecule has 0 heterocycles. The molecular formula is C24H28O. The lowest BCUT2D eigenvalue weighted by atomic mass is 9.58. The van der Waals surface area contributed by atoms with Crippen LogP contribution in [0.25, 0.3) is 0 Å². The smallest absolute Gasteiger partial charge is 0.156 e. The highest BCUT2D eigenvalue weighted by molar-refractivity contribution is 5.93. The summed E-state index contributed by atoms with van der Waals surface area (Å²) in [6, 6.07) is 9.29. The van der Waals surface area contributed by atoms with Gasteiger partial charge in [0.1, 0.15) is 0 Å². The molecule has 4 aliphatic rings. The number of hydrogen-bond acceptors (Lipinski definition) is 1. The number of allylic oxidation sites excluding steroid dienone is 4. The molecule has 0 bridgehead atoms. The van der Waals surface area contributed by atoms with Gasteiger partial charge in [-0.3, -0.25) is 4.79 Å². The quantitative estimate of drug-likeness (QED) is 0.626. The molecule has 1 aromatic rings. The van der Waals surface area contributed by atoms with E-state index in [0.29, 0.717) is 11.7 Å². The SMILES string of the molecule is Cc1ccc(C2CC3CCCC3C3CCC4=CC(=O)CCC4=C23)cc1. The lowest BCUT2D eigenvalue weighted by molar-refractivity contribution is -0.114. The zero-order valence-corrected chi connectivity index (χ0v) is 15.3. The summed E-state index contributed by atoms with van der Waals surface area (Å²) in [5, 5.41) is 0. The second kappa shape index (κ2) is 5.97. The summed E-state index contributed by atoms with van der Waals surface area (Å²) < 4.78 is 0. The number of fused-ring (bicyclic) bond motifs is 4. The van der Waals surface area contributed by atoms with Gasteiger partial charge in [0.25, 0.3) is 0 Å². The van der Waals surface area contributed by atoms with Gasteiger partial charge in [-0.15, -0.1) is 0 Å². The Labute approximate surface area is 151 Å². The van der Waals surface area contributed by atoms with E-state index in [1.165, 1.54) is 48.8 Å². The van der Waals surface area contributed by atoms with Gasteiger partial charge >= 0.3 is 0 Å². The summed E-state index contributed by atoms with van der Waals surface area (Å²) in [7, 11) is 0. The van der Waals surface area contributed by atoms with Gasteiger partial charge < -0.3 is 0 Å². The van der Waals surface area contributed by atoms with E-state index in [0.717, 1.165) is 37.0 Å². The zero-order chi connectivity index (χ0) is 17.0. The fraction of sp³-hybridized carbons (Fsp3) is 0.542. The van der Waals surface area contributed by atoms with E-state index in [1.54, 1.807) is 11.1 Å². The maximum atomic E-state index is 12.0. The van der Waals surface area contributed by atoms with Crippen LogP contribution in [0.2, 0.25) is 0 Å². The minimum atomic E-state index is 0.347. The number of ketones is 1. The van der Waals surface area contributed by atoms with Crippen molar-refractivity contribution in [3.63, 3.8) is 0 Å². The maximum absolute atomic E-state index is 12.0. The molecule has 1 nitrogen and oxygen atoms in total.